The molecule has 172 valence electrons. The zero-order valence-electron chi connectivity index (χ0n) is 19.2. The zero-order valence-corrected chi connectivity index (χ0v) is 19.2. The summed E-state index contributed by atoms with van der Waals surface area (Å²) in [6.45, 7) is 9.75. The molecule has 0 aliphatic carbocycles. The van der Waals surface area contributed by atoms with Crippen molar-refractivity contribution in [2.24, 2.45) is 4.99 Å². The van der Waals surface area contributed by atoms with Crippen LogP contribution in [0.25, 0.3) is 0 Å². The molecule has 7 heteroatoms. The summed E-state index contributed by atoms with van der Waals surface area (Å²) in [5, 5.41) is 9.46. The fourth-order valence-electron chi connectivity index (χ4n) is 3.44. The predicted octanol–water partition coefficient (Wildman–Crippen LogP) is 2.96. The highest BCUT2D eigenvalue weighted by Gasteiger charge is 2.18. The molecule has 32 heavy (non-hydrogen) atoms. The standard InChI is InChI=1S/C25H34N4O3/c1-4-26-25(28-12-11-27-24(30)20-7-5-6-18(2)14-20)29-16-21-9-8-19(3)15-23(21)32-22-10-13-31-17-22/h5-9,14-15,22H,4,10-13,16-17H2,1-3H3,(H,27,30)(H2,26,28,29). The minimum absolute atomic E-state index is 0.0743. The molecule has 1 unspecified atom stereocenters. The highest BCUT2D eigenvalue weighted by Crippen LogP contribution is 2.24. The van der Waals surface area contributed by atoms with Crippen LogP contribution in [-0.2, 0) is 11.3 Å². The number of benzene rings is 2. The molecule has 0 radical (unpaired) electrons. The van der Waals surface area contributed by atoms with Crippen molar-refractivity contribution in [1.82, 2.24) is 16.0 Å². The summed E-state index contributed by atoms with van der Waals surface area (Å²) in [5.41, 5.74) is 3.93. The Labute approximate surface area is 190 Å². The molecule has 0 spiro atoms. The topological polar surface area (TPSA) is 84.0 Å². The fraction of sp³-hybridized carbons (Fsp3) is 0.440. The van der Waals surface area contributed by atoms with Gasteiger partial charge in [0.05, 0.1) is 19.8 Å². The summed E-state index contributed by atoms with van der Waals surface area (Å²) in [6.07, 6.45) is 1.01. The third-order valence-corrected chi connectivity index (χ3v) is 5.14. The Kier molecular flexibility index (Phi) is 8.92. The molecule has 1 fully saturated rings. The number of rotatable bonds is 9. The lowest BCUT2D eigenvalue weighted by Crippen LogP contribution is -2.41. The molecule has 2 aromatic carbocycles. The van der Waals surface area contributed by atoms with Crippen LogP contribution in [0.4, 0.5) is 0 Å². The molecule has 1 aliphatic heterocycles. The van der Waals surface area contributed by atoms with Crippen molar-refractivity contribution in [2.45, 2.75) is 39.8 Å². The average Bonchev–Trinajstić information content (AvgIpc) is 3.29. The minimum atomic E-state index is -0.0743. The van der Waals surface area contributed by atoms with Crippen LogP contribution in [-0.4, -0.2) is 50.8 Å². The molecule has 3 N–H and O–H groups in total. The summed E-state index contributed by atoms with van der Waals surface area (Å²) >= 11 is 0. The summed E-state index contributed by atoms with van der Waals surface area (Å²) in [4.78, 5) is 17.0. The van der Waals surface area contributed by atoms with Crippen LogP contribution in [0.3, 0.4) is 0 Å². The molecule has 0 aromatic heterocycles. The highest BCUT2D eigenvalue weighted by molar-refractivity contribution is 5.94. The maximum atomic E-state index is 12.3. The minimum Gasteiger partial charge on any atom is -0.488 e. The van der Waals surface area contributed by atoms with Crippen molar-refractivity contribution in [1.29, 1.82) is 0 Å². The number of guanidine groups is 1. The van der Waals surface area contributed by atoms with Crippen LogP contribution < -0.4 is 20.7 Å². The lowest BCUT2D eigenvalue weighted by atomic mass is 10.1. The van der Waals surface area contributed by atoms with Gasteiger partial charge in [0.1, 0.15) is 11.9 Å². The van der Waals surface area contributed by atoms with E-state index in [1.165, 1.54) is 0 Å². The van der Waals surface area contributed by atoms with Gasteiger partial charge in [0.25, 0.3) is 5.91 Å². The molecule has 2 aromatic rings. The molecule has 1 amide bonds. The van der Waals surface area contributed by atoms with Gasteiger partial charge in [0, 0.05) is 37.2 Å². The first-order valence-corrected chi connectivity index (χ1v) is 11.3. The van der Waals surface area contributed by atoms with E-state index in [1.54, 1.807) is 0 Å². The summed E-state index contributed by atoms with van der Waals surface area (Å²) in [7, 11) is 0. The monoisotopic (exact) mass is 438 g/mol. The van der Waals surface area contributed by atoms with E-state index in [0.29, 0.717) is 37.8 Å². The third-order valence-electron chi connectivity index (χ3n) is 5.14. The zero-order chi connectivity index (χ0) is 22.8. The molecule has 7 nitrogen and oxygen atoms in total. The first kappa shape index (κ1) is 23.6. The Hall–Kier alpha value is -3.06. The Morgan fingerprint density at radius 2 is 1.91 bits per heavy atom. The van der Waals surface area contributed by atoms with Gasteiger partial charge < -0.3 is 25.4 Å². The predicted molar refractivity (Wildman–Crippen MR) is 127 cm³/mol. The normalized spacial score (nSPS) is 16.0. The van der Waals surface area contributed by atoms with Crippen molar-refractivity contribution in [2.75, 3.05) is 32.8 Å². The highest BCUT2D eigenvalue weighted by atomic mass is 16.5. The number of carbonyl (C=O) groups excluding carboxylic acids is 1. The van der Waals surface area contributed by atoms with E-state index in [0.717, 1.165) is 42.0 Å². The number of aryl methyl sites for hydroxylation is 2. The quantitative estimate of drug-likeness (QED) is 0.319. The molecule has 1 atom stereocenters. The van der Waals surface area contributed by atoms with E-state index in [-0.39, 0.29) is 12.0 Å². The maximum absolute atomic E-state index is 12.3. The van der Waals surface area contributed by atoms with Gasteiger partial charge in [-0.2, -0.15) is 0 Å². The number of ether oxygens (including phenoxy) is 2. The third kappa shape index (κ3) is 7.27. The van der Waals surface area contributed by atoms with E-state index in [2.05, 4.69) is 41.1 Å². The van der Waals surface area contributed by atoms with E-state index in [4.69, 9.17) is 14.5 Å². The van der Waals surface area contributed by atoms with Gasteiger partial charge in [-0.25, -0.2) is 4.99 Å². The first-order valence-electron chi connectivity index (χ1n) is 11.3. The van der Waals surface area contributed by atoms with Crippen LogP contribution >= 0.6 is 0 Å². The van der Waals surface area contributed by atoms with Crippen LogP contribution in [0.5, 0.6) is 5.75 Å². The van der Waals surface area contributed by atoms with Gasteiger partial charge in [-0.1, -0.05) is 29.8 Å². The second-order valence-electron chi connectivity index (χ2n) is 7.96. The second kappa shape index (κ2) is 12.1. The maximum Gasteiger partial charge on any atom is 0.251 e. The number of nitrogens with zero attached hydrogens (tertiary/aromatic N) is 1. The number of carbonyl (C=O) groups is 1. The van der Waals surface area contributed by atoms with E-state index in [9.17, 15) is 4.79 Å². The van der Waals surface area contributed by atoms with E-state index >= 15 is 0 Å². The van der Waals surface area contributed by atoms with Crippen LogP contribution in [0.2, 0.25) is 0 Å². The molecular formula is C25H34N4O3. The van der Waals surface area contributed by atoms with Crippen LogP contribution in [0.1, 0.15) is 40.4 Å². The van der Waals surface area contributed by atoms with Crippen molar-refractivity contribution >= 4 is 11.9 Å². The lowest BCUT2D eigenvalue weighted by Gasteiger charge is -2.16. The van der Waals surface area contributed by atoms with E-state index < -0.39 is 0 Å². The van der Waals surface area contributed by atoms with Crippen molar-refractivity contribution in [3.8, 4) is 5.75 Å². The van der Waals surface area contributed by atoms with Gasteiger partial charge >= 0.3 is 0 Å². The van der Waals surface area contributed by atoms with Gasteiger partial charge in [-0.3, -0.25) is 4.79 Å². The number of aliphatic imine (C=N–C) groups is 1. The first-order chi connectivity index (χ1) is 15.5. The lowest BCUT2D eigenvalue weighted by molar-refractivity contribution is 0.0954. The molecule has 1 aliphatic rings. The van der Waals surface area contributed by atoms with Gasteiger partial charge in [-0.15, -0.1) is 0 Å². The molecule has 3 rings (SSSR count). The number of nitrogens with one attached hydrogen (secondary N) is 3. The largest absolute Gasteiger partial charge is 0.488 e. The van der Waals surface area contributed by atoms with Gasteiger partial charge in [0.2, 0.25) is 0 Å². The van der Waals surface area contributed by atoms with Crippen molar-refractivity contribution < 1.29 is 14.3 Å². The Morgan fingerprint density at radius 1 is 1.09 bits per heavy atom. The fourth-order valence-corrected chi connectivity index (χ4v) is 3.44. The second-order valence-corrected chi connectivity index (χ2v) is 7.96. The van der Waals surface area contributed by atoms with Crippen molar-refractivity contribution in [3.63, 3.8) is 0 Å². The smallest absolute Gasteiger partial charge is 0.251 e. The SMILES string of the molecule is CCNC(=NCc1ccc(C)cc1OC1CCOC1)NCCNC(=O)c1cccc(C)c1. The molecular weight excluding hydrogens is 404 g/mol. The summed E-state index contributed by atoms with van der Waals surface area (Å²) in [5.74, 6) is 1.49. The Balaban J connectivity index is 1.54. The van der Waals surface area contributed by atoms with Crippen LogP contribution in [0.15, 0.2) is 47.5 Å². The number of hydrogen-bond donors (Lipinski definition) is 3. The van der Waals surface area contributed by atoms with E-state index in [1.807, 2.05) is 38.1 Å². The van der Waals surface area contributed by atoms with Crippen LogP contribution in [0, 0.1) is 13.8 Å². The summed E-state index contributed by atoms with van der Waals surface area (Å²) in [6, 6.07) is 13.8. The number of hydrogen-bond acceptors (Lipinski definition) is 4. The molecule has 1 heterocycles. The van der Waals surface area contributed by atoms with Crippen molar-refractivity contribution in [3.05, 3.63) is 64.7 Å². The van der Waals surface area contributed by atoms with Gasteiger partial charge in [0.15, 0.2) is 5.96 Å². The average molecular weight is 439 g/mol. The Bertz CT molecular complexity index is 923. The molecule has 0 saturated carbocycles. The Morgan fingerprint density at radius 3 is 2.66 bits per heavy atom. The molecule has 1 saturated heterocycles. The number of amides is 1. The summed E-state index contributed by atoms with van der Waals surface area (Å²) < 4.78 is 11.6. The van der Waals surface area contributed by atoms with Gasteiger partial charge in [-0.05, 0) is 44.5 Å². The molecule has 0 bridgehead atoms.